The lowest BCUT2D eigenvalue weighted by atomic mass is 10.0. The van der Waals surface area contributed by atoms with E-state index >= 15 is 0 Å². The number of hydrogen-bond donors (Lipinski definition) is 1. The molecule has 1 aromatic carbocycles. The Bertz CT molecular complexity index is 422. The molecule has 0 radical (unpaired) electrons. The van der Waals surface area contributed by atoms with Gasteiger partial charge in [-0.15, -0.1) is 0 Å². The summed E-state index contributed by atoms with van der Waals surface area (Å²) in [7, 11) is 0. The second-order valence-corrected chi connectivity index (χ2v) is 5.96. The highest BCUT2D eigenvalue weighted by atomic mass is 19.3. The first kappa shape index (κ1) is 16.4. The van der Waals surface area contributed by atoms with Crippen LogP contribution in [0.2, 0.25) is 0 Å². The molecule has 0 saturated carbocycles. The standard InChI is InChI=1S/C17H26F2N2/c1-3-8-16-11-20-15(4-2)12-21(16)13-17(18,19)14-9-6-5-7-10-14/h5-7,9-10,15-16,20H,3-4,8,11-13H2,1-2H3. The van der Waals surface area contributed by atoms with Crippen LogP contribution in [0, 0.1) is 0 Å². The molecule has 2 atom stereocenters. The van der Waals surface area contributed by atoms with Gasteiger partial charge in [0.25, 0.3) is 5.92 Å². The summed E-state index contributed by atoms with van der Waals surface area (Å²) >= 11 is 0. The lowest BCUT2D eigenvalue weighted by Crippen LogP contribution is -2.58. The SMILES string of the molecule is CCCC1CNC(CC)CN1CC(F)(F)c1ccccc1. The molecule has 21 heavy (non-hydrogen) atoms. The molecule has 1 aliphatic heterocycles. The lowest BCUT2D eigenvalue weighted by Gasteiger charge is -2.41. The summed E-state index contributed by atoms with van der Waals surface area (Å²) in [5, 5.41) is 3.47. The number of piperazine rings is 1. The Hall–Kier alpha value is -1.00. The van der Waals surface area contributed by atoms with Gasteiger partial charge in [0, 0.05) is 30.7 Å². The zero-order valence-electron chi connectivity index (χ0n) is 13.0. The highest BCUT2D eigenvalue weighted by Gasteiger charge is 2.38. The van der Waals surface area contributed by atoms with E-state index in [1.165, 1.54) is 12.1 Å². The third kappa shape index (κ3) is 4.24. The normalized spacial score (nSPS) is 24.2. The summed E-state index contributed by atoms with van der Waals surface area (Å²) in [6.07, 6.45) is 2.97. The number of hydrogen-bond acceptors (Lipinski definition) is 2. The van der Waals surface area contributed by atoms with Gasteiger partial charge in [0.05, 0.1) is 6.54 Å². The minimum Gasteiger partial charge on any atom is -0.311 e. The van der Waals surface area contributed by atoms with Gasteiger partial charge >= 0.3 is 0 Å². The molecule has 0 spiro atoms. The van der Waals surface area contributed by atoms with Crippen LogP contribution in [0.3, 0.4) is 0 Å². The zero-order chi connectivity index (χ0) is 15.3. The van der Waals surface area contributed by atoms with Gasteiger partial charge < -0.3 is 5.32 Å². The quantitative estimate of drug-likeness (QED) is 0.862. The van der Waals surface area contributed by atoms with Gasteiger partial charge in [-0.1, -0.05) is 50.6 Å². The van der Waals surface area contributed by atoms with E-state index in [9.17, 15) is 8.78 Å². The summed E-state index contributed by atoms with van der Waals surface area (Å²) in [5.41, 5.74) is 0.117. The minimum atomic E-state index is -2.79. The van der Waals surface area contributed by atoms with Crippen molar-refractivity contribution in [1.29, 1.82) is 0 Å². The fourth-order valence-corrected chi connectivity index (χ4v) is 3.04. The number of rotatable bonds is 6. The molecule has 1 saturated heterocycles. The molecule has 1 aliphatic rings. The first-order valence-corrected chi connectivity index (χ1v) is 7.97. The molecule has 0 amide bonds. The first-order valence-electron chi connectivity index (χ1n) is 7.97. The van der Waals surface area contributed by atoms with Gasteiger partial charge in [-0.3, -0.25) is 4.90 Å². The van der Waals surface area contributed by atoms with E-state index in [-0.39, 0.29) is 18.2 Å². The zero-order valence-corrected chi connectivity index (χ0v) is 13.0. The molecule has 0 bridgehead atoms. The van der Waals surface area contributed by atoms with Gasteiger partial charge in [0.1, 0.15) is 0 Å². The Morgan fingerprint density at radius 1 is 1.24 bits per heavy atom. The van der Waals surface area contributed by atoms with Gasteiger partial charge in [-0.2, -0.15) is 8.78 Å². The van der Waals surface area contributed by atoms with Crippen LogP contribution in [0.25, 0.3) is 0 Å². The maximum atomic E-state index is 14.5. The van der Waals surface area contributed by atoms with Crippen LogP contribution in [0.5, 0.6) is 0 Å². The maximum absolute atomic E-state index is 14.5. The number of benzene rings is 1. The van der Waals surface area contributed by atoms with Crippen molar-refractivity contribution >= 4 is 0 Å². The van der Waals surface area contributed by atoms with E-state index in [0.717, 1.165) is 25.8 Å². The lowest BCUT2D eigenvalue weighted by molar-refractivity contribution is -0.0573. The van der Waals surface area contributed by atoms with E-state index in [0.29, 0.717) is 12.6 Å². The van der Waals surface area contributed by atoms with E-state index in [1.54, 1.807) is 18.2 Å². The largest absolute Gasteiger partial charge is 0.311 e. The van der Waals surface area contributed by atoms with Crippen LogP contribution in [0.1, 0.15) is 38.7 Å². The summed E-state index contributed by atoms with van der Waals surface area (Å²) < 4.78 is 29.0. The van der Waals surface area contributed by atoms with Gasteiger partial charge in [0.2, 0.25) is 0 Å². The van der Waals surface area contributed by atoms with E-state index in [1.807, 2.05) is 4.90 Å². The number of nitrogens with one attached hydrogen (secondary N) is 1. The monoisotopic (exact) mass is 296 g/mol. The number of alkyl halides is 2. The Balaban J connectivity index is 2.09. The molecule has 2 unspecified atom stereocenters. The summed E-state index contributed by atoms with van der Waals surface area (Å²) in [4.78, 5) is 1.99. The van der Waals surface area contributed by atoms with Crippen molar-refractivity contribution in [1.82, 2.24) is 10.2 Å². The van der Waals surface area contributed by atoms with Crippen molar-refractivity contribution in [2.75, 3.05) is 19.6 Å². The number of halogens is 2. The minimum absolute atomic E-state index is 0.117. The summed E-state index contributed by atoms with van der Waals surface area (Å²) in [5.74, 6) is -2.79. The average Bonchev–Trinajstić information content (AvgIpc) is 2.50. The van der Waals surface area contributed by atoms with Crippen molar-refractivity contribution in [2.24, 2.45) is 0 Å². The molecular formula is C17H26F2N2. The van der Waals surface area contributed by atoms with Gasteiger partial charge in [-0.25, -0.2) is 0 Å². The van der Waals surface area contributed by atoms with E-state index < -0.39 is 5.92 Å². The Kier molecular flexibility index (Phi) is 5.71. The molecule has 1 N–H and O–H groups in total. The Morgan fingerprint density at radius 3 is 2.57 bits per heavy atom. The molecule has 2 nitrogen and oxygen atoms in total. The third-order valence-electron chi connectivity index (χ3n) is 4.33. The maximum Gasteiger partial charge on any atom is 0.285 e. The predicted octanol–water partition coefficient (Wildman–Crippen LogP) is 3.63. The molecule has 4 heteroatoms. The van der Waals surface area contributed by atoms with Crippen molar-refractivity contribution in [3.8, 4) is 0 Å². The van der Waals surface area contributed by atoms with Crippen LogP contribution in [0.15, 0.2) is 30.3 Å². The van der Waals surface area contributed by atoms with Gasteiger partial charge in [0.15, 0.2) is 0 Å². The summed E-state index contributed by atoms with van der Waals surface area (Å²) in [6.45, 7) is 5.56. The molecule has 0 aliphatic carbocycles. The molecule has 1 fully saturated rings. The van der Waals surface area contributed by atoms with E-state index in [2.05, 4.69) is 19.2 Å². The Labute approximate surface area is 126 Å². The van der Waals surface area contributed by atoms with E-state index in [4.69, 9.17) is 0 Å². The smallest absolute Gasteiger partial charge is 0.285 e. The number of nitrogens with zero attached hydrogens (tertiary/aromatic N) is 1. The van der Waals surface area contributed by atoms with Crippen LogP contribution >= 0.6 is 0 Å². The van der Waals surface area contributed by atoms with Crippen molar-refractivity contribution in [2.45, 2.75) is 51.1 Å². The fraction of sp³-hybridized carbons (Fsp3) is 0.647. The highest BCUT2D eigenvalue weighted by molar-refractivity contribution is 5.20. The van der Waals surface area contributed by atoms with Crippen LogP contribution in [-0.4, -0.2) is 36.6 Å². The predicted molar refractivity (Wildman–Crippen MR) is 82.7 cm³/mol. The van der Waals surface area contributed by atoms with Crippen LogP contribution in [0.4, 0.5) is 8.78 Å². The molecule has 1 heterocycles. The van der Waals surface area contributed by atoms with Crippen LogP contribution in [-0.2, 0) is 5.92 Å². The summed E-state index contributed by atoms with van der Waals surface area (Å²) in [6, 6.07) is 8.72. The molecule has 118 valence electrons. The van der Waals surface area contributed by atoms with Crippen molar-refractivity contribution in [3.63, 3.8) is 0 Å². The van der Waals surface area contributed by atoms with Gasteiger partial charge in [-0.05, 0) is 12.8 Å². The molecule has 0 aromatic heterocycles. The molecule has 2 rings (SSSR count). The molecular weight excluding hydrogens is 270 g/mol. The highest BCUT2D eigenvalue weighted by Crippen LogP contribution is 2.30. The van der Waals surface area contributed by atoms with Crippen molar-refractivity contribution in [3.05, 3.63) is 35.9 Å². The van der Waals surface area contributed by atoms with Crippen LogP contribution < -0.4 is 5.32 Å². The average molecular weight is 296 g/mol. The second kappa shape index (κ2) is 7.32. The third-order valence-corrected chi connectivity index (χ3v) is 4.33. The first-order chi connectivity index (χ1) is 10.1. The second-order valence-electron chi connectivity index (χ2n) is 5.96. The Morgan fingerprint density at radius 2 is 1.95 bits per heavy atom. The van der Waals surface area contributed by atoms with Crippen molar-refractivity contribution < 1.29 is 8.78 Å². The molecule has 1 aromatic rings. The fourth-order valence-electron chi connectivity index (χ4n) is 3.04. The topological polar surface area (TPSA) is 15.3 Å².